The molecule has 1 saturated carbocycles. The predicted molar refractivity (Wildman–Crippen MR) is 123 cm³/mol. The van der Waals surface area contributed by atoms with E-state index in [9.17, 15) is 9.90 Å². The summed E-state index contributed by atoms with van der Waals surface area (Å²) in [5, 5.41) is 10.7. The van der Waals surface area contributed by atoms with Crippen molar-refractivity contribution in [3.8, 4) is 5.75 Å². The maximum Gasteiger partial charge on any atom is 0.334 e. The first-order valence-corrected chi connectivity index (χ1v) is 11.2. The lowest BCUT2D eigenvalue weighted by atomic mass is 9.97. The van der Waals surface area contributed by atoms with Gasteiger partial charge in [-0.25, -0.2) is 15.2 Å². The molecule has 2 heterocycles. The van der Waals surface area contributed by atoms with Crippen molar-refractivity contribution in [3.05, 3.63) is 59.0 Å². The second kappa shape index (κ2) is 9.40. The first-order valence-electron chi connectivity index (χ1n) is 10.8. The molecule has 3 N–H and O–H groups in total. The number of carbonyl (C=O) groups excluding carboxylic acids is 1. The summed E-state index contributed by atoms with van der Waals surface area (Å²) in [6.07, 6.45) is 8.03. The Hall–Kier alpha value is -2.75. The molecule has 1 aromatic carbocycles. The van der Waals surface area contributed by atoms with Gasteiger partial charge >= 0.3 is 5.97 Å². The molecule has 2 aromatic rings. The zero-order valence-electron chi connectivity index (χ0n) is 18.0. The summed E-state index contributed by atoms with van der Waals surface area (Å²) in [5.41, 5.74) is 5.22. The third-order valence-corrected chi connectivity index (χ3v) is 6.20. The molecule has 0 saturated heterocycles. The Balaban J connectivity index is 1.76. The molecule has 8 nitrogen and oxygen atoms in total. The number of aliphatic hydroxyl groups is 1. The van der Waals surface area contributed by atoms with Crippen molar-refractivity contribution >= 4 is 24.0 Å². The first-order chi connectivity index (χ1) is 15.4. The second-order valence-electron chi connectivity index (χ2n) is 8.27. The Morgan fingerprint density at radius 1 is 1.44 bits per heavy atom. The lowest BCUT2D eigenvalue weighted by molar-refractivity contribution is -0.153. The van der Waals surface area contributed by atoms with E-state index in [2.05, 4.69) is 22.4 Å². The Bertz CT molecular complexity index is 1060. The SMILES string of the molecule is C=CCOc1cccc(C(C(=O)OC2CCCCC2)n2cnc3c(c2=S)C(C)(O)NN3)c1. The van der Waals surface area contributed by atoms with Gasteiger partial charge in [-0.05, 0) is 50.3 Å². The Morgan fingerprint density at radius 2 is 2.22 bits per heavy atom. The van der Waals surface area contributed by atoms with Gasteiger partial charge in [-0.3, -0.25) is 0 Å². The second-order valence-corrected chi connectivity index (χ2v) is 8.66. The van der Waals surface area contributed by atoms with E-state index < -0.39 is 17.7 Å². The highest BCUT2D eigenvalue weighted by molar-refractivity contribution is 7.71. The van der Waals surface area contributed by atoms with E-state index in [1.54, 1.807) is 23.6 Å². The minimum absolute atomic E-state index is 0.109. The predicted octanol–water partition coefficient (Wildman–Crippen LogP) is 3.74. The normalized spacial score (nSPS) is 21.3. The van der Waals surface area contributed by atoms with Crippen molar-refractivity contribution in [2.45, 2.75) is 56.9 Å². The van der Waals surface area contributed by atoms with Crippen LogP contribution in [0.25, 0.3) is 0 Å². The van der Waals surface area contributed by atoms with Crippen molar-refractivity contribution in [3.63, 3.8) is 0 Å². The summed E-state index contributed by atoms with van der Waals surface area (Å²) in [7, 11) is 0. The van der Waals surface area contributed by atoms with Crippen LogP contribution in [0.1, 0.15) is 56.2 Å². The molecular formula is C23H28N4O4S. The molecule has 9 heteroatoms. The zero-order valence-corrected chi connectivity index (χ0v) is 18.9. The van der Waals surface area contributed by atoms with Gasteiger partial charge in [0.05, 0.1) is 11.9 Å². The van der Waals surface area contributed by atoms with E-state index >= 15 is 0 Å². The number of anilines is 1. The topological polar surface area (TPSA) is 97.6 Å². The van der Waals surface area contributed by atoms with Crippen LogP contribution < -0.4 is 15.6 Å². The molecule has 2 atom stereocenters. The van der Waals surface area contributed by atoms with Gasteiger partial charge in [0.25, 0.3) is 0 Å². The monoisotopic (exact) mass is 456 g/mol. The van der Waals surface area contributed by atoms with Crippen LogP contribution in [0.3, 0.4) is 0 Å². The lowest BCUT2D eigenvalue weighted by Gasteiger charge is -2.27. The number of ether oxygens (including phenoxy) is 2. The van der Waals surface area contributed by atoms with Crippen molar-refractivity contribution in [2.75, 3.05) is 12.0 Å². The van der Waals surface area contributed by atoms with Gasteiger partial charge in [0.1, 0.15) is 23.1 Å². The zero-order chi connectivity index (χ0) is 22.7. The molecular weight excluding hydrogens is 428 g/mol. The highest BCUT2D eigenvalue weighted by Gasteiger charge is 2.37. The smallest absolute Gasteiger partial charge is 0.334 e. The molecule has 1 fully saturated rings. The van der Waals surface area contributed by atoms with Gasteiger partial charge < -0.3 is 24.6 Å². The summed E-state index contributed by atoms with van der Waals surface area (Å²) in [6, 6.07) is 6.39. The van der Waals surface area contributed by atoms with Crippen LogP contribution >= 0.6 is 12.2 Å². The molecule has 0 spiro atoms. The number of nitrogens with one attached hydrogen (secondary N) is 2. The minimum Gasteiger partial charge on any atom is -0.490 e. The largest absolute Gasteiger partial charge is 0.490 e. The molecule has 1 aliphatic carbocycles. The van der Waals surface area contributed by atoms with E-state index in [0.717, 1.165) is 32.1 Å². The third-order valence-electron chi connectivity index (χ3n) is 5.79. The summed E-state index contributed by atoms with van der Waals surface area (Å²) in [4.78, 5) is 17.9. The maximum absolute atomic E-state index is 13.5. The van der Waals surface area contributed by atoms with E-state index in [-0.39, 0.29) is 6.10 Å². The molecule has 0 amide bonds. The Kier molecular flexibility index (Phi) is 6.59. The van der Waals surface area contributed by atoms with Gasteiger partial charge in [0, 0.05) is 0 Å². The van der Waals surface area contributed by atoms with E-state index in [0.29, 0.717) is 33.9 Å². The number of benzene rings is 1. The standard InChI is InChI=1S/C23H28N4O4S/c1-3-12-30-17-11-7-8-15(13-17)19(22(28)31-16-9-5-4-6-10-16)27-14-24-20-18(21(27)32)23(2,29)26-25-20/h3,7-8,11,13-14,16,19,25-26,29H,1,4-6,9-10,12H2,2H3. The summed E-state index contributed by atoms with van der Waals surface area (Å²) in [6.45, 7) is 5.60. The van der Waals surface area contributed by atoms with Crippen LogP contribution in [0.15, 0.2) is 43.2 Å². The van der Waals surface area contributed by atoms with E-state index in [4.69, 9.17) is 21.7 Å². The fourth-order valence-electron chi connectivity index (χ4n) is 4.18. The molecule has 1 aromatic heterocycles. The molecule has 32 heavy (non-hydrogen) atoms. The van der Waals surface area contributed by atoms with Crippen LogP contribution in [0, 0.1) is 4.64 Å². The van der Waals surface area contributed by atoms with Crippen LogP contribution in [0.5, 0.6) is 5.75 Å². The number of nitrogens with zero attached hydrogens (tertiary/aromatic N) is 2. The van der Waals surface area contributed by atoms with E-state index in [1.165, 1.54) is 6.33 Å². The van der Waals surface area contributed by atoms with Crippen molar-refractivity contribution < 1.29 is 19.4 Å². The molecule has 2 aliphatic rings. The number of carbonyl (C=O) groups is 1. The average Bonchev–Trinajstić information content (AvgIpc) is 3.10. The van der Waals surface area contributed by atoms with Crippen LogP contribution in [0.4, 0.5) is 5.82 Å². The van der Waals surface area contributed by atoms with Gasteiger partial charge in [-0.15, -0.1) is 0 Å². The number of aromatic nitrogens is 2. The fraction of sp³-hybridized carbons (Fsp3) is 0.435. The van der Waals surface area contributed by atoms with Crippen LogP contribution in [-0.4, -0.2) is 33.3 Å². The number of hydrazine groups is 1. The maximum atomic E-state index is 13.5. The van der Waals surface area contributed by atoms with Crippen molar-refractivity contribution in [1.82, 2.24) is 15.0 Å². The van der Waals surface area contributed by atoms with Crippen LogP contribution in [-0.2, 0) is 15.3 Å². The fourth-order valence-corrected chi connectivity index (χ4v) is 4.63. The summed E-state index contributed by atoms with van der Waals surface area (Å²) in [5.74, 6) is 0.627. The number of hydrogen-bond acceptors (Lipinski definition) is 8. The van der Waals surface area contributed by atoms with Crippen LogP contribution in [0.2, 0.25) is 0 Å². The van der Waals surface area contributed by atoms with Crippen molar-refractivity contribution in [2.24, 2.45) is 0 Å². The quantitative estimate of drug-likeness (QED) is 0.329. The number of esters is 1. The number of hydrogen-bond donors (Lipinski definition) is 3. The molecule has 0 radical (unpaired) electrons. The van der Waals surface area contributed by atoms with Gasteiger partial charge in [0.15, 0.2) is 17.6 Å². The average molecular weight is 457 g/mol. The van der Waals surface area contributed by atoms with Gasteiger partial charge in [-0.1, -0.05) is 43.4 Å². The molecule has 4 rings (SSSR count). The molecule has 2 unspecified atom stereocenters. The van der Waals surface area contributed by atoms with Gasteiger partial charge in [0.2, 0.25) is 0 Å². The first kappa shape index (κ1) is 22.4. The van der Waals surface area contributed by atoms with Gasteiger partial charge in [-0.2, -0.15) is 0 Å². The number of rotatable bonds is 7. The Morgan fingerprint density at radius 3 is 2.97 bits per heavy atom. The minimum atomic E-state index is -1.42. The van der Waals surface area contributed by atoms with Crippen molar-refractivity contribution in [1.29, 1.82) is 0 Å². The lowest BCUT2D eigenvalue weighted by Crippen LogP contribution is -2.36. The summed E-state index contributed by atoms with van der Waals surface area (Å²) >= 11 is 5.70. The summed E-state index contributed by atoms with van der Waals surface area (Å²) < 4.78 is 13.5. The highest BCUT2D eigenvalue weighted by atomic mass is 32.1. The highest BCUT2D eigenvalue weighted by Crippen LogP contribution is 2.34. The Labute approximate surface area is 192 Å². The molecule has 170 valence electrons. The third kappa shape index (κ3) is 4.55. The molecule has 0 bridgehead atoms. The van der Waals surface area contributed by atoms with E-state index in [1.807, 2.05) is 18.2 Å². The molecule has 1 aliphatic heterocycles. The number of fused-ring (bicyclic) bond motifs is 1.